The second-order valence-electron chi connectivity index (χ2n) is 19.4. The molecule has 0 fully saturated rings. The summed E-state index contributed by atoms with van der Waals surface area (Å²) in [5.41, 5.74) is 0. The van der Waals surface area contributed by atoms with Crippen LogP contribution in [0.4, 0.5) is 0 Å². The first-order valence-corrected chi connectivity index (χ1v) is 28.1. The molecule has 2 atom stereocenters. The number of hydrogen-bond donors (Lipinski definition) is 3. The van der Waals surface area contributed by atoms with Crippen molar-refractivity contribution in [3.05, 3.63) is 24.3 Å². The summed E-state index contributed by atoms with van der Waals surface area (Å²) in [5.74, 6) is -0.0602. The molecule has 0 bridgehead atoms. The highest BCUT2D eigenvalue weighted by Crippen LogP contribution is 2.17. The molecule has 0 aromatic rings. The fraction of sp³-hybridized carbons (Fsp3) is 0.912. The number of rotatable bonds is 52. The maximum absolute atomic E-state index is 12.4. The standard InChI is InChI=1S/C57H111NO3/c1-3-5-7-9-11-13-15-16-17-18-19-20-21-22-23-24-25-26-27-28-29-30-31-32-33-34-35-36-37-38-39-40-41-42-43-45-47-49-51-53-57(61)58-55(54-59)56(60)52-50-48-46-44-14-12-10-8-6-4-2/h18-19,50,52,55-56,59-60H,3-17,20-49,51,53-54H2,1-2H3,(H,58,61)/b19-18-,52-50+. The summed E-state index contributed by atoms with van der Waals surface area (Å²) in [4.78, 5) is 12.4. The van der Waals surface area contributed by atoms with Crippen LogP contribution in [0.2, 0.25) is 0 Å². The quantitative estimate of drug-likeness (QED) is 0.0422. The normalized spacial score (nSPS) is 12.9. The molecule has 1 amide bonds. The van der Waals surface area contributed by atoms with E-state index in [4.69, 9.17) is 0 Å². The third kappa shape index (κ3) is 49.7. The Bertz CT molecular complexity index is 886. The maximum Gasteiger partial charge on any atom is 0.220 e. The zero-order valence-corrected chi connectivity index (χ0v) is 41.7. The summed E-state index contributed by atoms with van der Waals surface area (Å²) < 4.78 is 0. The Morgan fingerprint density at radius 2 is 0.623 bits per heavy atom. The van der Waals surface area contributed by atoms with Crippen molar-refractivity contribution in [3.8, 4) is 0 Å². The van der Waals surface area contributed by atoms with Gasteiger partial charge in [-0.25, -0.2) is 0 Å². The van der Waals surface area contributed by atoms with E-state index in [-0.39, 0.29) is 12.5 Å². The molecule has 4 heteroatoms. The molecular formula is C57H111NO3. The molecule has 0 aromatic heterocycles. The van der Waals surface area contributed by atoms with Gasteiger partial charge in [-0.1, -0.05) is 289 Å². The average molecular weight is 859 g/mol. The number of aliphatic hydroxyl groups excluding tert-OH is 2. The zero-order chi connectivity index (χ0) is 44.2. The maximum atomic E-state index is 12.4. The van der Waals surface area contributed by atoms with Crippen LogP contribution in [0.15, 0.2) is 24.3 Å². The lowest BCUT2D eigenvalue weighted by molar-refractivity contribution is -0.123. The summed E-state index contributed by atoms with van der Waals surface area (Å²) in [6.07, 6.45) is 70.8. The Hall–Kier alpha value is -1.13. The van der Waals surface area contributed by atoms with Crippen LogP contribution in [-0.4, -0.2) is 34.9 Å². The minimum atomic E-state index is -0.834. The molecule has 0 aliphatic heterocycles. The Morgan fingerprint density at radius 1 is 0.377 bits per heavy atom. The number of carbonyl (C=O) groups is 1. The predicted octanol–water partition coefficient (Wildman–Crippen LogP) is 18.3. The number of allylic oxidation sites excluding steroid dienone is 3. The monoisotopic (exact) mass is 858 g/mol. The van der Waals surface area contributed by atoms with Crippen molar-refractivity contribution in [1.29, 1.82) is 0 Å². The first-order chi connectivity index (χ1) is 30.2. The van der Waals surface area contributed by atoms with E-state index < -0.39 is 12.1 Å². The zero-order valence-electron chi connectivity index (χ0n) is 41.7. The van der Waals surface area contributed by atoms with Crippen molar-refractivity contribution < 1.29 is 15.0 Å². The topological polar surface area (TPSA) is 69.6 Å². The van der Waals surface area contributed by atoms with E-state index in [0.717, 1.165) is 25.7 Å². The molecule has 0 rings (SSSR count). The number of nitrogens with one attached hydrogen (secondary N) is 1. The highest BCUT2D eigenvalue weighted by Gasteiger charge is 2.18. The first-order valence-electron chi connectivity index (χ1n) is 28.1. The largest absolute Gasteiger partial charge is 0.394 e. The molecule has 362 valence electrons. The van der Waals surface area contributed by atoms with E-state index in [1.54, 1.807) is 6.08 Å². The lowest BCUT2D eigenvalue weighted by atomic mass is 10.0. The summed E-state index contributed by atoms with van der Waals surface area (Å²) in [6, 6.07) is -0.617. The lowest BCUT2D eigenvalue weighted by Crippen LogP contribution is -2.45. The van der Waals surface area contributed by atoms with E-state index in [0.29, 0.717) is 6.42 Å². The predicted molar refractivity (Wildman–Crippen MR) is 272 cm³/mol. The highest BCUT2D eigenvalue weighted by molar-refractivity contribution is 5.76. The fourth-order valence-electron chi connectivity index (χ4n) is 8.88. The van der Waals surface area contributed by atoms with Gasteiger partial charge in [0.15, 0.2) is 0 Å². The van der Waals surface area contributed by atoms with Crippen molar-refractivity contribution in [1.82, 2.24) is 5.32 Å². The number of aliphatic hydroxyl groups is 2. The molecule has 0 spiro atoms. The molecule has 0 aliphatic rings. The van der Waals surface area contributed by atoms with Gasteiger partial charge < -0.3 is 15.5 Å². The van der Waals surface area contributed by atoms with Crippen LogP contribution in [0.5, 0.6) is 0 Å². The molecule has 3 N–H and O–H groups in total. The molecule has 4 nitrogen and oxygen atoms in total. The molecule has 61 heavy (non-hydrogen) atoms. The Labute approximate surface area is 383 Å². The molecule has 0 heterocycles. The third-order valence-electron chi connectivity index (χ3n) is 13.2. The minimum Gasteiger partial charge on any atom is -0.394 e. The number of hydrogen-bond acceptors (Lipinski definition) is 3. The molecule has 0 aromatic carbocycles. The number of carbonyl (C=O) groups excluding carboxylic acids is 1. The van der Waals surface area contributed by atoms with Crippen molar-refractivity contribution in [2.75, 3.05) is 6.61 Å². The molecule has 0 saturated heterocycles. The Kier molecular flexibility index (Phi) is 52.2. The number of unbranched alkanes of at least 4 members (excludes halogenated alkanes) is 43. The minimum absolute atomic E-state index is 0.0602. The first kappa shape index (κ1) is 59.9. The van der Waals surface area contributed by atoms with Crippen LogP contribution >= 0.6 is 0 Å². The van der Waals surface area contributed by atoms with Gasteiger partial charge in [-0.15, -0.1) is 0 Å². The van der Waals surface area contributed by atoms with E-state index in [9.17, 15) is 15.0 Å². The highest BCUT2D eigenvalue weighted by atomic mass is 16.3. The van der Waals surface area contributed by atoms with E-state index in [1.807, 2.05) is 6.08 Å². The van der Waals surface area contributed by atoms with E-state index >= 15 is 0 Å². The molecule has 0 saturated carbocycles. The SMILES string of the molecule is CCCCCCCCCC/C=C\CCCCCCCCCCCCCCCCCCCCCCCCCCCCCC(=O)NC(CO)C(O)/C=C/CCCCCCCCCC. The molecular weight excluding hydrogens is 747 g/mol. The van der Waals surface area contributed by atoms with Crippen LogP contribution in [-0.2, 0) is 4.79 Å². The Balaban J connectivity index is 3.33. The second kappa shape index (κ2) is 53.2. The summed E-state index contributed by atoms with van der Waals surface area (Å²) in [7, 11) is 0. The van der Waals surface area contributed by atoms with Crippen LogP contribution < -0.4 is 5.32 Å². The van der Waals surface area contributed by atoms with Crippen LogP contribution in [0.25, 0.3) is 0 Å². The van der Waals surface area contributed by atoms with Gasteiger partial charge in [0.25, 0.3) is 0 Å². The molecule has 2 unspecified atom stereocenters. The van der Waals surface area contributed by atoms with Gasteiger partial charge in [0.1, 0.15) is 0 Å². The average Bonchev–Trinajstić information content (AvgIpc) is 3.26. The van der Waals surface area contributed by atoms with Gasteiger partial charge in [-0.05, 0) is 44.9 Å². The van der Waals surface area contributed by atoms with Gasteiger partial charge in [0.05, 0.1) is 18.8 Å². The second-order valence-corrected chi connectivity index (χ2v) is 19.4. The summed E-state index contributed by atoms with van der Waals surface area (Å²) >= 11 is 0. The van der Waals surface area contributed by atoms with Crippen molar-refractivity contribution in [2.24, 2.45) is 0 Å². The van der Waals surface area contributed by atoms with Gasteiger partial charge in [0, 0.05) is 6.42 Å². The van der Waals surface area contributed by atoms with Crippen LogP contribution in [0, 0.1) is 0 Å². The van der Waals surface area contributed by atoms with Crippen molar-refractivity contribution >= 4 is 5.91 Å². The molecule has 0 aliphatic carbocycles. The molecule has 0 radical (unpaired) electrons. The van der Waals surface area contributed by atoms with Crippen molar-refractivity contribution in [2.45, 2.75) is 328 Å². The van der Waals surface area contributed by atoms with Gasteiger partial charge in [0.2, 0.25) is 5.91 Å². The smallest absolute Gasteiger partial charge is 0.220 e. The van der Waals surface area contributed by atoms with Crippen molar-refractivity contribution in [3.63, 3.8) is 0 Å². The van der Waals surface area contributed by atoms with Crippen LogP contribution in [0.3, 0.4) is 0 Å². The Morgan fingerprint density at radius 3 is 0.902 bits per heavy atom. The summed E-state index contributed by atoms with van der Waals surface area (Å²) in [6.45, 7) is 4.31. The van der Waals surface area contributed by atoms with Crippen LogP contribution in [0.1, 0.15) is 316 Å². The third-order valence-corrected chi connectivity index (χ3v) is 13.2. The summed E-state index contributed by atoms with van der Waals surface area (Å²) in [5, 5.41) is 23.0. The fourth-order valence-corrected chi connectivity index (χ4v) is 8.88. The van der Waals surface area contributed by atoms with E-state index in [1.165, 1.54) is 270 Å². The van der Waals surface area contributed by atoms with E-state index in [2.05, 4.69) is 31.3 Å². The van der Waals surface area contributed by atoms with Gasteiger partial charge >= 0.3 is 0 Å². The lowest BCUT2D eigenvalue weighted by Gasteiger charge is -2.20. The van der Waals surface area contributed by atoms with Gasteiger partial charge in [-0.3, -0.25) is 4.79 Å². The number of amides is 1. The van der Waals surface area contributed by atoms with Gasteiger partial charge in [-0.2, -0.15) is 0 Å².